The number of halogens is 1. The lowest BCUT2D eigenvalue weighted by atomic mass is 10.1. The molecule has 0 fully saturated rings. The second-order valence-corrected chi connectivity index (χ2v) is 3.27. The van der Waals surface area contributed by atoms with E-state index in [1.54, 1.807) is 12.1 Å². The SMILES string of the molecule is Nc1cc(Br)cc(C(=O)CO)c1. The highest BCUT2D eigenvalue weighted by Crippen LogP contribution is 2.17. The maximum Gasteiger partial charge on any atom is 0.188 e. The summed E-state index contributed by atoms with van der Waals surface area (Å²) in [6.45, 7) is -0.490. The van der Waals surface area contributed by atoms with Gasteiger partial charge in [0.15, 0.2) is 5.78 Å². The second kappa shape index (κ2) is 3.69. The number of anilines is 1. The quantitative estimate of drug-likeness (QED) is 0.592. The topological polar surface area (TPSA) is 63.3 Å². The minimum absolute atomic E-state index is 0.331. The summed E-state index contributed by atoms with van der Waals surface area (Å²) in [4.78, 5) is 11.0. The molecule has 0 radical (unpaired) electrons. The maximum absolute atomic E-state index is 11.0. The molecule has 0 amide bonds. The van der Waals surface area contributed by atoms with Crippen molar-refractivity contribution in [3.05, 3.63) is 28.2 Å². The summed E-state index contributed by atoms with van der Waals surface area (Å²) in [5, 5.41) is 8.56. The Balaban J connectivity index is 3.08. The summed E-state index contributed by atoms with van der Waals surface area (Å²) in [6, 6.07) is 4.84. The molecule has 0 spiro atoms. The zero-order valence-corrected chi connectivity index (χ0v) is 7.84. The Labute approximate surface area is 78.3 Å². The number of nitrogen functional groups attached to an aromatic ring is 1. The molecule has 1 aromatic carbocycles. The smallest absolute Gasteiger partial charge is 0.188 e. The Bertz CT molecular complexity index is 292. The van der Waals surface area contributed by atoms with E-state index in [-0.39, 0.29) is 5.78 Å². The number of Topliss-reactive ketones (excluding diaryl/α,β-unsaturated/α-hetero) is 1. The Morgan fingerprint density at radius 2 is 2.17 bits per heavy atom. The van der Waals surface area contributed by atoms with Crippen LogP contribution in [0.15, 0.2) is 22.7 Å². The molecule has 3 N–H and O–H groups in total. The van der Waals surface area contributed by atoms with Crippen molar-refractivity contribution < 1.29 is 9.90 Å². The van der Waals surface area contributed by atoms with Gasteiger partial charge in [-0.05, 0) is 18.2 Å². The van der Waals surface area contributed by atoms with Crippen LogP contribution in [-0.2, 0) is 0 Å². The minimum Gasteiger partial charge on any atom is -0.399 e. The third kappa shape index (κ3) is 2.06. The lowest BCUT2D eigenvalue weighted by molar-refractivity contribution is 0.0903. The molecule has 3 nitrogen and oxygen atoms in total. The van der Waals surface area contributed by atoms with Crippen molar-refractivity contribution in [1.29, 1.82) is 0 Å². The van der Waals surface area contributed by atoms with Gasteiger partial charge < -0.3 is 10.8 Å². The van der Waals surface area contributed by atoms with E-state index in [4.69, 9.17) is 10.8 Å². The summed E-state index contributed by atoms with van der Waals surface area (Å²) in [5.74, 6) is -0.331. The van der Waals surface area contributed by atoms with Gasteiger partial charge in [-0.3, -0.25) is 4.79 Å². The van der Waals surface area contributed by atoms with Gasteiger partial charge in [-0.2, -0.15) is 0 Å². The third-order valence-electron chi connectivity index (χ3n) is 1.39. The zero-order chi connectivity index (χ0) is 9.14. The molecule has 1 rings (SSSR count). The molecule has 0 unspecified atom stereocenters. The Morgan fingerprint density at radius 1 is 1.50 bits per heavy atom. The molecule has 64 valence electrons. The van der Waals surface area contributed by atoms with Gasteiger partial charge in [0.1, 0.15) is 6.61 Å². The number of aliphatic hydroxyl groups excluding tert-OH is 1. The molecule has 0 atom stereocenters. The van der Waals surface area contributed by atoms with E-state index >= 15 is 0 Å². The first kappa shape index (κ1) is 9.22. The molecular weight excluding hydrogens is 222 g/mol. The summed E-state index contributed by atoms with van der Waals surface area (Å²) < 4.78 is 0.735. The summed E-state index contributed by atoms with van der Waals surface area (Å²) in [7, 11) is 0. The van der Waals surface area contributed by atoms with Crippen molar-refractivity contribution in [2.75, 3.05) is 12.3 Å². The van der Waals surface area contributed by atoms with Crippen LogP contribution in [0.1, 0.15) is 10.4 Å². The fraction of sp³-hybridized carbons (Fsp3) is 0.125. The first-order valence-electron chi connectivity index (χ1n) is 3.33. The van der Waals surface area contributed by atoms with Crippen LogP contribution in [0.3, 0.4) is 0 Å². The van der Waals surface area contributed by atoms with Crippen molar-refractivity contribution in [1.82, 2.24) is 0 Å². The maximum atomic E-state index is 11.0. The molecule has 0 saturated heterocycles. The molecule has 0 bridgehead atoms. The second-order valence-electron chi connectivity index (χ2n) is 2.35. The Kier molecular flexibility index (Phi) is 2.83. The molecule has 12 heavy (non-hydrogen) atoms. The van der Waals surface area contributed by atoms with E-state index in [9.17, 15) is 4.79 Å². The van der Waals surface area contributed by atoms with E-state index in [0.717, 1.165) is 4.47 Å². The van der Waals surface area contributed by atoms with Crippen LogP contribution in [-0.4, -0.2) is 17.5 Å². The van der Waals surface area contributed by atoms with Gasteiger partial charge in [0.05, 0.1) is 0 Å². The van der Waals surface area contributed by atoms with Crippen molar-refractivity contribution in [2.24, 2.45) is 0 Å². The van der Waals surface area contributed by atoms with Gasteiger partial charge in [0.25, 0.3) is 0 Å². The highest BCUT2D eigenvalue weighted by molar-refractivity contribution is 9.10. The number of carbonyl (C=O) groups excluding carboxylic acids is 1. The molecule has 4 heteroatoms. The molecule has 0 heterocycles. The number of nitrogens with two attached hydrogens (primary N) is 1. The van der Waals surface area contributed by atoms with Gasteiger partial charge in [0, 0.05) is 15.7 Å². The fourth-order valence-electron chi connectivity index (χ4n) is 0.865. The molecule has 0 aliphatic carbocycles. The van der Waals surface area contributed by atoms with Crippen molar-refractivity contribution in [3.63, 3.8) is 0 Å². The van der Waals surface area contributed by atoms with Crippen LogP contribution in [0.4, 0.5) is 5.69 Å². The van der Waals surface area contributed by atoms with Gasteiger partial charge in [-0.25, -0.2) is 0 Å². The van der Waals surface area contributed by atoms with Crippen LogP contribution in [0.5, 0.6) is 0 Å². The van der Waals surface area contributed by atoms with Gasteiger partial charge >= 0.3 is 0 Å². The number of carbonyl (C=O) groups is 1. The highest BCUT2D eigenvalue weighted by Gasteiger charge is 2.04. The number of hydrogen-bond donors (Lipinski definition) is 2. The average molecular weight is 230 g/mol. The normalized spacial score (nSPS) is 9.83. The standard InChI is InChI=1S/C8H8BrNO2/c9-6-1-5(8(12)4-11)2-7(10)3-6/h1-3,11H,4,10H2. The largest absolute Gasteiger partial charge is 0.399 e. The number of benzene rings is 1. The minimum atomic E-state index is -0.490. The van der Waals surface area contributed by atoms with Gasteiger partial charge in [0.2, 0.25) is 0 Å². The number of ketones is 1. The van der Waals surface area contributed by atoms with Crippen molar-refractivity contribution >= 4 is 27.4 Å². The van der Waals surface area contributed by atoms with Crippen LogP contribution in [0.25, 0.3) is 0 Å². The summed E-state index contributed by atoms with van der Waals surface area (Å²) in [5.41, 5.74) is 6.41. The van der Waals surface area contributed by atoms with Gasteiger partial charge in [-0.1, -0.05) is 15.9 Å². The first-order valence-corrected chi connectivity index (χ1v) is 4.13. The van der Waals surface area contributed by atoms with E-state index < -0.39 is 6.61 Å². The molecule has 0 aliphatic heterocycles. The van der Waals surface area contributed by atoms with Crippen molar-refractivity contribution in [3.8, 4) is 0 Å². The van der Waals surface area contributed by atoms with Gasteiger partial charge in [-0.15, -0.1) is 0 Å². The molecule has 0 aromatic heterocycles. The number of rotatable bonds is 2. The van der Waals surface area contributed by atoms with Crippen LogP contribution >= 0.6 is 15.9 Å². The van der Waals surface area contributed by atoms with Crippen molar-refractivity contribution in [2.45, 2.75) is 0 Å². The predicted octanol–water partition coefficient (Wildman–Crippen LogP) is 1.21. The molecule has 0 aliphatic rings. The molecule has 1 aromatic rings. The summed E-state index contributed by atoms with van der Waals surface area (Å²) in [6.07, 6.45) is 0. The number of aliphatic hydroxyl groups is 1. The zero-order valence-electron chi connectivity index (χ0n) is 6.25. The lowest BCUT2D eigenvalue weighted by Gasteiger charge is -2.00. The van der Waals surface area contributed by atoms with E-state index in [0.29, 0.717) is 11.3 Å². The molecule has 0 saturated carbocycles. The predicted molar refractivity (Wildman–Crippen MR) is 50.0 cm³/mol. The monoisotopic (exact) mass is 229 g/mol. The first-order chi connectivity index (χ1) is 5.63. The highest BCUT2D eigenvalue weighted by atomic mass is 79.9. The molecular formula is C8H8BrNO2. The van der Waals surface area contributed by atoms with Crippen LogP contribution in [0, 0.1) is 0 Å². The van der Waals surface area contributed by atoms with E-state index in [2.05, 4.69) is 15.9 Å². The Hall–Kier alpha value is -0.870. The van der Waals surface area contributed by atoms with Crippen LogP contribution < -0.4 is 5.73 Å². The van der Waals surface area contributed by atoms with Crippen LogP contribution in [0.2, 0.25) is 0 Å². The van der Waals surface area contributed by atoms with E-state index in [1.165, 1.54) is 6.07 Å². The average Bonchev–Trinajstić information content (AvgIpc) is 2.01. The fourth-order valence-corrected chi connectivity index (χ4v) is 1.38. The third-order valence-corrected chi connectivity index (χ3v) is 1.84. The number of hydrogen-bond acceptors (Lipinski definition) is 3. The lowest BCUT2D eigenvalue weighted by Crippen LogP contribution is -2.04. The summed E-state index contributed by atoms with van der Waals surface area (Å²) >= 11 is 3.20. The Morgan fingerprint density at radius 3 is 2.67 bits per heavy atom. The van der Waals surface area contributed by atoms with E-state index in [1.807, 2.05) is 0 Å².